The number of fused-ring (bicyclic) bond motifs is 2. The minimum Gasteiger partial charge on any atom is -0.344 e. The average molecular weight is 543 g/mol. The van der Waals surface area contributed by atoms with Gasteiger partial charge in [0.15, 0.2) is 5.71 Å². The van der Waals surface area contributed by atoms with Crippen molar-refractivity contribution in [3.8, 4) is 0 Å². The SMILES string of the molecule is CCN1/C(=C/C=C/C2=[N+](CC)c3ccc(Br)cc3C2(C)C)C(C)(C)c2cc(Br)ccc21. The Hall–Kier alpha value is -1.65. The van der Waals surface area contributed by atoms with Crippen LogP contribution in [0.15, 0.2) is 69.3 Å². The predicted molar refractivity (Wildman–Crippen MR) is 140 cm³/mol. The molecule has 0 N–H and O–H groups in total. The zero-order valence-electron chi connectivity index (χ0n) is 19.3. The Morgan fingerprint density at radius 1 is 0.903 bits per heavy atom. The van der Waals surface area contributed by atoms with Crippen molar-refractivity contribution in [2.45, 2.75) is 52.4 Å². The van der Waals surface area contributed by atoms with Crippen molar-refractivity contribution < 1.29 is 4.58 Å². The Labute approximate surface area is 203 Å². The first kappa shape index (κ1) is 22.5. The second-order valence-corrected chi connectivity index (χ2v) is 11.2. The summed E-state index contributed by atoms with van der Waals surface area (Å²) >= 11 is 7.32. The molecule has 0 aliphatic carbocycles. The maximum Gasteiger partial charge on any atom is 0.209 e. The first-order valence-corrected chi connectivity index (χ1v) is 12.6. The van der Waals surface area contributed by atoms with E-state index in [2.05, 4.69) is 138 Å². The molecule has 0 fully saturated rings. The molecule has 0 spiro atoms. The molecule has 0 radical (unpaired) electrons. The van der Waals surface area contributed by atoms with Gasteiger partial charge in [-0.1, -0.05) is 51.8 Å². The van der Waals surface area contributed by atoms with Gasteiger partial charge in [0.2, 0.25) is 5.69 Å². The van der Waals surface area contributed by atoms with Gasteiger partial charge < -0.3 is 4.90 Å². The van der Waals surface area contributed by atoms with Gasteiger partial charge >= 0.3 is 0 Å². The van der Waals surface area contributed by atoms with E-state index in [4.69, 9.17) is 0 Å². The number of halogens is 2. The van der Waals surface area contributed by atoms with Crippen LogP contribution in [0.1, 0.15) is 52.7 Å². The van der Waals surface area contributed by atoms with Crippen LogP contribution >= 0.6 is 31.9 Å². The molecular weight excluding hydrogens is 512 g/mol. The third-order valence-corrected chi connectivity index (χ3v) is 7.83. The fourth-order valence-corrected chi connectivity index (χ4v) is 5.93. The van der Waals surface area contributed by atoms with E-state index < -0.39 is 0 Å². The lowest BCUT2D eigenvalue weighted by molar-refractivity contribution is -0.433. The standard InChI is InChI=1S/C27H31Br2N2/c1-7-30-22-14-12-18(28)16-20(22)26(3,4)24(30)10-9-11-25-27(5,6)21-17-19(29)13-15-23(21)31(25)8-2/h9-17H,7-8H2,1-6H3/q+1. The highest BCUT2D eigenvalue weighted by molar-refractivity contribution is 9.10. The molecule has 2 nitrogen and oxygen atoms in total. The number of anilines is 1. The van der Waals surface area contributed by atoms with Gasteiger partial charge in [0.05, 0.1) is 5.41 Å². The van der Waals surface area contributed by atoms with Crippen molar-refractivity contribution in [1.29, 1.82) is 0 Å². The number of benzene rings is 2. The summed E-state index contributed by atoms with van der Waals surface area (Å²) in [4.78, 5) is 2.44. The molecular formula is C27H31Br2N2+. The zero-order chi connectivity index (χ0) is 22.6. The van der Waals surface area contributed by atoms with E-state index in [0.29, 0.717) is 0 Å². The Bertz CT molecular complexity index is 1140. The van der Waals surface area contributed by atoms with Crippen LogP contribution < -0.4 is 4.90 Å². The van der Waals surface area contributed by atoms with Crippen molar-refractivity contribution in [2.24, 2.45) is 0 Å². The molecule has 162 valence electrons. The Morgan fingerprint density at radius 2 is 1.55 bits per heavy atom. The van der Waals surface area contributed by atoms with Crippen LogP contribution in [0.4, 0.5) is 11.4 Å². The molecule has 0 aromatic heterocycles. The van der Waals surface area contributed by atoms with Crippen LogP contribution in [-0.2, 0) is 10.8 Å². The summed E-state index contributed by atoms with van der Waals surface area (Å²) < 4.78 is 4.72. The summed E-state index contributed by atoms with van der Waals surface area (Å²) in [6.45, 7) is 15.7. The van der Waals surface area contributed by atoms with Gasteiger partial charge in [0.1, 0.15) is 6.54 Å². The van der Waals surface area contributed by atoms with Crippen molar-refractivity contribution in [3.05, 3.63) is 80.4 Å². The van der Waals surface area contributed by atoms with Gasteiger partial charge in [-0.2, -0.15) is 4.58 Å². The van der Waals surface area contributed by atoms with Crippen LogP contribution in [0.25, 0.3) is 0 Å². The lowest BCUT2D eigenvalue weighted by atomic mass is 9.81. The third-order valence-electron chi connectivity index (χ3n) is 6.85. The predicted octanol–water partition coefficient (Wildman–Crippen LogP) is 7.87. The number of hydrogen-bond donors (Lipinski definition) is 0. The highest BCUT2D eigenvalue weighted by Crippen LogP contribution is 2.48. The molecule has 2 aliphatic heterocycles. The van der Waals surface area contributed by atoms with E-state index >= 15 is 0 Å². The number of allylic oxidation sites excluding steroid dienone is 4. The van der Waals surface area contributed by atoms with Gasteiger partial charge in [0.25, 0.3) is 0 Å². The molecule has 4 rings (SSSR count). The number of likely N-dealkylation sites (N-methyl/N-ethyl adjacent to an activating group) is 1. The molecule has 2 aromatic carbocycles. The van der Waals surface area contributed by atoms with Crippen LogP contribution in [0.2, 0.25) is 0 Å². The van der Waals surface area contributed by atoms with E-state index in [9.17, 15) is 0 Å². The second-order valence-electron chi connectivity index (χ2n) is 9.36. The second kappa shape index (κ2) is 8.04. The average Bonchev–Trinajstić information content (AvgIpc) is 3.06. The monoisotopic (exact) mass is 541 g/mol. The van der Waals surface area contributed by atoms with Crippen molar-refractivity contribution in [3.63, 3.8) is 0 Å². The van der Waals surface area contributed by atoms with Crippen LogP contribution in [0.5, 0.6) is 0 Å². The molecule has 0 amide bonds. The molecule has 0 bridgehead atoms. The molecule has 0 saturated heterocycles. The summed E-state index contributed by atoms with van der Waals surface area (Å²) in [5, 5.41) is 0. The summed E-state index contributed by atoms with van der Waals surface area (Å²) in [6, 6.07) is 13.3. The topological polar surface area (TPSA) is 6.25 Å². The molecule has 0 atom stereocenters. The first-order chi connectivity index (χ1) is 14.6. The normalized spacial score (nSPS) is 20.1. The van der Waals surface area contributed by atoms with Gasteiger partial charge in [0, 0.05) is 50.0 Å². The lowest BCUT2D eigenvalue weighted by Gasteiger charge is -2.25. The lowest BCUT2D eigenvalue weighted by Crippen LogP contribution is -2.28. The summed E-state index contributed by atoms with van der Waals surface area (Å²) in [7, 11) is 0. The van der Waals surface area contributed by atoms with E-state index in [1.807, 2.05) is 0 Å². The van der Waals surface area contributed by atoms with Gasteiger partial charge in [-0.3, -0.25) is 0 Å². The largest absolute Gasteiger partial charge is 0.344 e. The molecule has 0 unspecified atom stereocenters. The Kier molecular flexibility index (Phi) is 5.85. The summed E-state index contributed by atoms with van der Waals surface area (Å²) in [6.07, 6.45) is 6.88. The zero-order valence-corrected chi connectivity index (χ0v) is 22.4. The fraction of sp³-hybridized carbons (Fsp3) is 0.370. The first-order valence-electron chi connectivity index (χ1n) is 11.0. The van der Waals surface area contributed by atoms with E-state index in [-0.39, 0.29) is 10.8 Å². The third kappa shape index (κ3) is 3.56. The highest BCUT2D eigenvalue weighted by Gasteiger charge is 2.44. The molecule has 2 heterocycles. The number of hydrogen-bond acceptors (Lipinski definition) is 1. The minimum atomic E-state index is -0.0341. The smallest absolute Gasteiger partial charge is 0.209 e. The van der Waals surface area contributed by atoms with Gasteiger partial charge in [-0.05, 0) is 69.7 Å². The molecule has 2 aliphatic rings. The van der Waals surface area contributed by atoms with Crippen molar-refractivity contribution >= 4 is 48.9 Å². The summed E-state index contributed by atoms with van der Waals surface area (Å²) in [5.74, 6) is 0. The van der Waals surface area contributed by atoms with E-state index in [1.54, 1.807) is 0 Å². The Balaban J connectivity index is 1.75. The van der Waals surface area contributed by atoms with Gasteiger partial charge in [-0.25, -0.2) is 0 Å². The number of nitrogens with zero attached hydrogens (tertiary/aromatic N) is 2. The maximum absolute atomic E-state index is 3.66. The fourth-order valence-electron chi connectivity index (χ4n) is 5.21. The highest BCUT2D eigenvalue weighted by atomic mass is 79.9. The maximum atomic E-state index is 3.66. The van der Waals surface area contributed by atoms with E-state index in [0.717, 1.165) is 22.0 Å². The summed E-state index contributed by atoms with van der Waals surface area (Å²) in [5.41, 5.74) is 8.02. The van der Waals surface area contributed by atoms with Crippen molar-refractivity contribution in [2.75, 3.05) is 18.0 Å². The minimum absolute atomic E-state index is 0.0341. The molecule has 31 heavy (non-hydrogen) atoms. The van der Waals surface area contributed by atoms with E-state index in [1.165, 1.54) is 33.9 Å². The Morgan fingerprint density at radius 3 is 2.19 bits per heavy atom. The van der Waals surface area contributed by atoms with Crippen molar-refractivity contribution in [1.82, 2.24) is 0 Å². The molecule has 4 heteroatoms. The molecule has 0 saturated carbocycles. The van der Waals surface area contributed by atoms with Gasteiger partial charge in [-0.15, -0.1) is 0 Å². The number of rotatable bonds is 4. The van der Waals surface area contributed by atoms with Crippen LogP contribution in [-0.4, -0.2) is 23.4 Å². The van der Waals surface area contributed by atoms with Crippen LogP contribution in [0, 0.1) is 0 Å². The van der Waals surface area contributed by atoms with Crippen LogP contribution in [0.3, 0.4) is 0 Å². The quantitative estimate of drug-likeness (QED) is 0.356. The molecule has 2 aromatic rings.